The number of carboxylic acids is 1. The Bertz CT molecular complexity index is 732. The molecule has 0 bridgehead atoms. The lowest BCUT2D eigenvalue weighted by Gasteiger charge is -2.11. The van der Waals surface area contributed by atoms with Crippen LogP contribution >= 0.6 is 0 Å². The minimum Gasteiger partial charge on any atom is -0.497 e. The van der Waals surface area contributed by atoms with Gasteiger partial charge in [-0.15, -0.1) is 0 Å². The molecular formula is C16H13NO4. The third-order valence-corrected chi connectivity index (χ3v) is 2.95. The Morgan fingerprint density at radius 2 is 1.95 bits per heavy atom. The number of nitriles is 1. The predicted octanol–water partition coefficient (Wildman–Crippen LogP) is 3.37. The molecule has 0 saturated carbocycles. The van der Waals surface area contributed by atoms with Gasteiger partial charge in [0.1, 0.15) is 23.3 Å². The lowest BCUT2D eigenvalue weighted by molar-refractivity contribution is 0.0697. The molecule has 0 saturated heterocycles. The van der Waals surface area contributed by atoms with Crippen molar-refractivity contribution in [2.45, 2.75) is 6.92 Å². The molecule has 5 nitrogen and oxygen atoms in total. The first-order chi connectivity index (χ1) is 10.0. The third-order valence-electron chi connectivity index (χ3n) is 2.95. The van der Waals surface area contributed by atoms with E-state index in [1.54, 1.807) is 31.2 Å². The van der Waals surface area contributed by atoms with Gasteiger partial charge in [-0.3, -0.25) is 0 Å². The van der Waals surface area contributed by atoms with E-state index in [1.807, 2.05) is 6.07 Å². The van der Waals surface area contributed by atoms with Crippen molar-refractivity contribution >= 4 is 5.97 Å². The van der Waals surface area contributed by atoms with Crippen LogP contribution in [0.1, 0.15) is 21.5 Å². The van der Waals surface area contributed by atoms with Crippen LogP contribution in [0.3, 0.4) is 0 Å². The number of rotatable bonds is 4. The summed E-state index contributed by atoms with van der Waals surface area (Å²) in [6.07, 6.45) is 0. The highest BCUT2D eigenvalue weighted by Gasteiger charge is 2.10. The molecule has 1 N–H and O–H groups in total. The van der Waals surface area contributed by atoms with E-state index in [1.165, 1.54) is 19.2 Å². The summed E-state index contributed by atoms with van der Waals surface area (Å²) in [6, 6.07) is 11.5. The van der Waals surface area contributed by atoms with Crippen LogP contribution in [-0.4, -0.2) is 18.2 Å². The highest BCUT2D eigenvalue weighted by molar-refractivity contribution is 5.88. The smallest absolute Gasteiger partial charge is 0.335 e. The highest BCUT2D eigenvalue weighted by atomic mass is 16.5. The molecular weight excluding hydrogens is 270 g/mol. The maximum atomic E-state index is 10.9. The summed E-state index contributed by atoms with van der Waals surface area (Å²) in [5.74, 6) is 0.431. The van der Waals surface area contributed by atoms with E-state index in [-0.39, 0.29) is 5.56 Å². The molecule has 2 aromatic rings. The summed E-state index contributed by atoms with van der Waals surface area (Å²) < 4.78 is 10.8. The second-order valence-electron chi connectivity index (χ2n) is 4.36. The van der Waals surface area contributed by atoms with E-state index in [0.29, 0.717) is 28.4 Å². The Labute approximate surface area is 122 Å². The van der Waals surface area contributed by atoms with Crippen LogP contribution in [-0.2, 0) is 0 Å². The normalized spacial score (nSPS) is 9.76. The number of aromatic carboxylic acids is 1. The van der Waals surface area contributed by atoms with Crippen molar-refractivity contribution in [3.8, 4) is 23.3 Å². The van der Waals surface area contributed by atoms with E-state index < -0.39 is 5.97 Å². The van der Waals surface area contributed by atoms with Crippen molar-refractivity contribution < 1.29 is 19.4 Å². The SMILES string of the molecule is COc1ccc(C#N)c(Oc2ccc(C(=O)O)cc2C)c1. The summed E-state index contributed by atoms with van der Waals surface area (Å²) in [5, 5.41) is 18.0. The third kappa shape index (κ3) is 3.12. The van der Waals surface area contributed by atoms with Gasteiger partial charge in [-0.25, -0.2) is 4.79 Å². The Balaban J connectivity index is 2.38. The molecule has 0 spiro atoms. The maximum Gasteiger partial charge on any atom is 0.335 e. The number of carbonyl (C=O) groups is 1. The number of carboxylic acid groups (broad SMARTS) is 1. The summed E-state index contributed by atoms with van der Waals surface area (Å²) >= 11 is 0. The molecule has 0 atom stereocenters. The number of benzene rings is 2. The summed E-state index contributed by atoms with van der Waals surface area (Å²) in [7, 11) is 1.53. The zero-order chi connectivity index (χ0) is 15.4. The van der Waals surface area contributed by atoms with Crippen molar-refractivity contribution in [3.63, 3.8) is 0 Å². The van der Waals surface area contributed by atoms with E-state index in [9.17, 15) is 4.79 Å². The first kappa shape index (κ1) is 14.4. The van der Waals surface area contributed by atoms with E-state index in [0.717, 1.165) is 0 Å². The van der Waals surface area contributed by atoms with Gasteiger partial charge in [-0.1, -0.05) is 0 Å². The van der Waals surface area contributed by atoms with Gasteiger partial charge in [0.2, 0.25) is 0 Å². The molecule has 5 heteroatoms. The van der Waals surface area contributed by atoms with Gasteiger partial charge in [-0.05, 0) is 42.8 Å². The van der Waals surface area contributed by atoms with E-state index >= 15 is 0 Å². The first-order valence-corrected chi connectivity index (χ1v) is 6.15. The number of aryl methyl sites for hydroxylation is 1. The minimum absolute atomic E-state index is 0.186. The summed E-state index contributed by atoms with van der Waals surface area (Å²) in [6.45, 7) is 1.74. The van der Waals surface area contributed by atoms with E-state index in [4.69, 9.17) is 19.8 Å². The number of nitrogens with zero attached hydrogens (tertiary/aromatic N) is 1. The van der Waals surface area contributed by atoms with E-state index in [2.05, 4.69) is 0 Å². The van der Waals surface area contributed by atoms with Crippen LogP contribution in [0.4, 0.5) is 0 Å². The fourth-order valence-electron chi connectivity index (χ4n) is 1.82. The molecule has 0 radical (unpaired) electrons. The van der Waals surface area contributed by atoms with Crippen molar-refractivity contribution in [1.82, 2.24) is 0 Å². The molecule has 21 heavy (non-hydrogen) atoms. The molecule has 0 fully saturated rings. The molecule has 0 aliphatic rings. The fourth-order valence-corrected chi connectivity index (χ4v) is 1.82. The highest BCUT2D eigenvalue weighted by Crippen LogP contribution is 2.31. The van der Waals surface area contributed by atoms with Crippen LogP contribution in [0.5, 0.6) is 17.2 Å². The second kappa shape index (κ2) is 5.97. The standard InChI is InChI=1S/C16H13NO4/c1-10-7-11(16(18)19)4-6-14(10)21-15-8-13(20-2)5-3-12(15)9-17/h3-8H,1-2H3,(H,18,19). The number of hydrogen-bond acceptors (Lipinski definition) is 4. The molecule has 0 unspecified atom stereocenters. The number of methoxy groups -OCH3 is 1. The zero-order valence-corrected chi connectivity index (χ0v) is 11.6. The summed E-state index contributed by atoms with van der Waals surface area (Å²) in [5.41, 5.74) is 1.23. The molecule has 0 heterocycles. The van der Waals surface area contributed by atoms with Gasteiger partial charge in [0, 0.05) is 6.07 Å². The molecule has 0 aliphatic carbocycles. The minimum atomic E-state index is -0.997. The largest absolute Gasteiger partial charge is 0.497 e. The second-order valence-corrected chi connectivity index (χ2v) is 4.36. The van der Waals surface area contributed by atoms with Gasteiger partial charge in [0.15, 0.2) is 0 Å². The Hall–Kier alpha value is -3.00. The van der Waals surface area contributed by atoms with Gasteiger partial charge >= 0.3 is 5.97 Å². The molecule has 2 aromatic carbocycles. The Morgan fingerprint density at radius 3 is 2.52 bits per heavy atom. The monoisotopic (exact) mass is 283 g/mol. The van der Waals surface area contributed by atoms with Crippen LogP contribution < -0.4 is 9.47 Å². The summed E-state index contributed by atoms with van der Waals surface area (Å²) in [4.78, 5) is 10.9. The number of hydrogen-bond donors (Lipinski definition) is 1. The van der Waals surface area contributed by atoms with Crippen LogP contribution in [0, 0.1) is 18.3 Å². The van der Waals surface area contributed by atoms with Crippen LogP contribution in [0.25, 0.3) is 0 Å². The fraction of sp³-hybridized carbons (Fsp3) is 0.125. The topological polar surface area (TPSA) is 79.5 Å². The zero-order valence-electron chi connectivity index (χ0n) is 11.6. The van der Waals surface area contributed by atoms with Crippen molar-refractivity contribution in [2.24, 2.45) is 0 Å². The lowest BCUT2D eigenvalue weighted by Crippen LogP contribution is -1.98. The van der Waals surface area contributed by atoms with Gasteiger partial charge < -0.3 is 14.6 Å². The Morgan fingerprint density at radius 1 is 1.19 bits per heavy atom. The number of ether oxygens (including phenoxy) is 2. The van der Waals surface area contributed by atoms with Crippen molar-refractivity contribution in [2.75, 3.05) is 7.11 Å². The van der Waals surface area contributed by atoms with Gasteiger partial charge in [-0.2, -0.15) is 5.26 Å². The molecule has 0 aliphatic heterocycles. The average molecular weight is 283 g/mol. The molecule has 0 aromatic heterocycles. The van der Waals surface area contributed by atoms with Crippen molar-refractivity contribution in [3.05, 3.63) is 53.1 Å². The molecule has 2 rings (SSSR count). The molecule has 106 valence electrons. The quantitative estimate of drug-likeness (QED) is 0.930. The molecule has 0 amide bonds. The van der Waals surface area contributed by atoms with Gasteiger partial charge in [0.05, 0.1) is 18.2 Å². The average Bonchev–Trinajstić information content (AvgIpc) is 2.49. The lowest BCUT2D eigenvalue weighted by atomic mass is 10.1. The maximum absolute atomic E-state index is 10.9. The van der Waals surface area contributed by atoms with Gasteiger partial charge in [0.25, 0.3) is 0 Å². The van der Waals surface area contributed by atoms with Crippen LogP contribution in [0.2, 0.25) is 0 Å². The predicted molar refractivity (Wildman–Crippen MR) is 75.9 cm³/mol. The van der Waals surface area contributed by atoms with Crippen molar-refractivity contribution in [1.29, 1.82) is 5.26 Å². The Kier molecular flexibility index (Phi) is 4.10. The van der Waals surface area contributed by atoms with Crippen LogP contribution in [0.15, 0.2) is 36.4 Å². The first-order valence-electron chi connectivity index (χ1n) is 6.15.